The number of amides is 3. The number of benzene rings is 1. The number of carbonyl (C=O) groups excluding carboxylic acids is 3. The standard InChI is InChI=1S/C39H54F3N7O9S/c1-21-10-8-9-11-23-19-38(23,34(52)47-59(54,55)26-13-14-26)46-31(50)29-18-25(57-32-27-15-12-24(56-7)17-28(27)43-35(45-32)48(5)6)20-49(29)33(51)30(22(2)16-21)44-36(53)58-37(3,4)39(40,41)42/h9,11-12,15,17,21-23,25-26,29-31,46,50H,8,10,13-14,16,18-20H2,1-7H3,(H,44,53)(H,47,52)/b11-9-/t21-,22+,23+,25+,29-,30-,31?,38+/m0/s1. The molecule has 0 spiro atoms. The molecule has 6 rings (SSSR count). The molecule has 16 nitrogen and oxygen atoms in total. The van der Waals surface area contributed by atoms with Crippen LogP contribution in [0.5, 0.6) is 11.6 Å². The number of aliphatic hydroxyl groups excluding tert-OH is 1. The van der Waals surface area contributed by atoms with E-state index >= 15 is 0 Å². The number of nitrogens with one attached hydrogen (secondary N) is 3. The molecule has 0 bridgehead atoms. The average molecular weight is 854 g/mol. The second kappa shape index (κ2) is 16.6. The van der Waals surface area contributed by atoms with Crippen molar-refractivity contribution in [2.24, 2.45) is 17.8 Å². The number of rotatable bonds is 9. The van der Waals surface area contributed by atoms with Crippen LogP contribution in [0.3, 0.4) is 0 Å². The summed E-state index contributed by atoms with van der Waals surface area (Å²) in [5.74, 6) is -1.70. The molecular formula is C39H54F3N7O9S. The highest BCUT2D eigenvalue weighted by Crippen LogP contribution is 2.47. The van der Waals surface area contributed by atoms with Gasteiger partial charge in [0.2, 0.25) is 33.4 Å². The molecule has 4 aliphatic rings. The van der Waals surface area contributed by atoms with E-state index in [9.17, 15) is 41.1 Å². The van der Waals surface area contributed by atoms with Crippen LogP contribution in [0.4, 0.5) is 23.9 Å². The van der Waals surface area contributed by atoms with Crippen molar-refractivity contribution < 1.29 is 55.3 Å². The lowest BCUT2D eigenvalue weighted by molar-refractivity contribution is -0.244. The third kappa shape index (κ3) is 9.64. The van der Waals surface area contributed by atoms with E-state index in [1.54, 1.807) is 44.1 Å². The van der Waals surface area contributed by atoms with E-state index in [4.69, 9.17) is 14.2 Å². The van der Waals surface area contributed by atoms with Gasteiger partial charge in [-0.05, 0) is 76.3 Å². The van der Waals surface area contributed by atoms with Gasteiger partial charge in [-0.25, -0.2) is 18.2 Å². The number of fused-ring (bicyclic) bond motifs is 3. The fraction of sp³-hybridized carbons (Fsp3) is 0.667. The zero-order valence-electron chi connectivity index (χ0n) is 34.2. The number of ether oxygens (including phenoxy) is 3. The number of aliphatic hydroxyl groups is 1. The Kier molecular flexibility index (Phi) is 12.4. The lowest BCUT2D eigenvalue weighted by Gasteiger charge is -2.36. The Morgan fingerprint density at radius 2 is 1.81 bits per heavy atom. The summed E-state index contributed by atoms with van der Waals surface area (Å²) in [4.78, 5) is 54.1. The van der Waals surface area contributed by atoms with Crippen LogP contribution in [0, 0.1) is 17.8 Å². The monoisotopic (exact) mass is 853 g/mol. The van der Waals surface area contributed by atoms with Crippen LogP contribution < -0.4 is 29.7 Å². The van der Waals surface area contributed by atoms with Crippen molar-refractivity contribution in [3.05, 3.63) is 30.4 Å². The van der Waals surface area contributed by atoms with Gasteiger partial charge in [0.25, 0.3) is 5.91 Å². The first-order valence-corrected chi connectivity index (χ1v) is 21.3. The second-order valence-electron chi connectivity index (χ2n) is 17.0. The van der Waals surface area contributed by atoms with E-state index in [2.05, 4.69) is 25.3 Å². The SMILES string of the molecule is COc1ccc2c(O[C@@H]3C[C@H]4C(O)N[C@]5(C(=O)NS(=O)(=O)C6CC6)C[C@H]5/C=C\CC[C@H](C)C[C@@H](C)[C@H](NC(=O)OC(C)(C)C(F)(F)F)C(=O)N4C3)nc(N(C)C)nc2c1. The Morgan fingerprint density at radius 1 is 1.10 bits per heavy atom. The summed E-state index contributed by atoms with van der Waals surface area (Å²) < 4.78 is 86.1. The zero-order valence-corrected chi connectivity index (χ0v) is 35.0. The first kappa shape index (κ1) is 44.1. The highest BCUT2D eigenvalue weighted by molar-refractivity contribution is 7.91. The Balaban J connectivity index is 1.37. The smallest absolute Gasteiger partial charge is 0.427 e. The van der Waals surface area contributed by atoms with Crippen LogP contribution in [0.1, 0.15) is 72.6 Å². The molecule has 2 aliphatic heterocycles. The van der Waals surface area contributed by atoms with Crippen LogP contribution in [0.2, 0.25) is 0 Å². The molecule has 3 fully saturated rings. The minimum Gasteiger partial charge on any atom is -0.497 e. The topological polar surface area (TPSA) is 202 Å². The quantitative estimate of drug-likeness (QED) is 0.266. The summed E-state index contributed by atoms with van der Waals surface area (Å²) in [5, 5.41) is 17.3. The number of alkyl carbamates (subject to hydrolysis) is 1. The molecule has 0 radical (unpaired) electrons. The zero-order chi connectivity index (χ0) is 43.2. The molecule has 2 saturated carbocycles. The Morgan fingerprint density at radius 3 is 2.46 bits per heavy atom. The van der Waals surface area contributed by atoms with E-state index in [-0.39, 0.29) is 31.2 Å². The number of aromatic nitrogens is 2. The molecule has 20 heteroatoms. The maximum Gasteiger partial charge on any atom is 0.427 e. The summed E-state index contributed by atoms with van der Waals surface area (Å²) in [6.07, 6.45) is -2.63. The van der Waals surface area contributed by atoms with E-state index in [0.717, 1.165) is 0 Å². The molecule has 3 amide bonds. The lowest BCUT2D eigenvalue weighted by atomic mass is 9.88. The van der Waals surface area contributed by atoms with Crippen molar-refractivity contribution >= 4 is 44.8 Å². The number of carbonyl (C=O) groups is 3. The first-order chi connectivity index (χ1) is 27.5. The van der Waals surface area contributed by atoms with Gasteiger partial charge < -0.3 is 34.4 Å². The lowest BCUT2D eigenvalue weighted by Crippen LogP contribution is -2.61. The first-order valence-electron chi connectivity index (χ1n) is 19.8. The molecule has 1 aromatic carbocycles. The number of alkyl halides is 3. The molecule has 2 aliphatic carbocycles. The van der Waals surface area contributed by atoms with Crippen LogP contribution in [-0.4, -0.2) is 121 Å². The molecular weight excluding hydrogens is 800 g/mol. The third-order valence-electron chi connectivity index (χ3n) is 11.6. The molecule has 3 heterocycles. The number of hydrogen-bond donors (Lipinski definition) is 4. The van der Waals surface area contributed by atoms with Gasteiger partial charge in [-0.15, -0.1) is 0 Å². The van der Waals surface area contributed by atoms with Gasteiger partial charge in [-0.2, -0.15) is 18.2 Å². The summed E-state index contributed by atoms with van der Waals surface area (Å²) in [5.41, 5.74) is -3.92. The minimum atomic E-state index is -4.91. The number of hydrogen-bond acceptors (Lipinski definition) is 13. The van der Waals surface area contributed by atoms with Crippen LogP contribution in [-0.2, 0) is 24.3 Å². The predicted octanol–water partition coefficient (Wildman–Crippen LogP) is 3.78. The number of nitrogens with zero attached hydrogens (tertiary/aromatic N) is 4. The van der Waals surface area contributed by atoms with E-state index in [0.29, 0.717) is 68.6 Å². The highest BCUT2D eigenvalue weighted by Gasteiger charge is 2.62. The minimum absolute atomic E-state index is 0.0276. The second-order valence-corrected chi connectivity index (χ2v) is 19.0. The van der Waals surface area contributed by atoms with Gasteiger partial charge >= 0.3 is 12.3 Å². The van der Waals surface area contributed by atoms with E-state index in [1.807, 2.05) is 19.1 Å². The molecule has 4 N–H and O–H groups in total. The van der Waals surface area contributed by atoms with E-state index in [1.165, 1.54) is 12.0 Å². The van der Waals surface area contributed by atoms with Gasteiger partial charge in [0.1, 0.15) is 29.7 Å². The number of allylic oxidation sites excluding steroid dienone is 1. The fourth-order valence-electron chi connectivity index (χ4n) is 7.76. The Labute approximate surface area is 341 Å². The van der Waals surface area contributed by atoms with Gasteiger partial charge in [0.15, 0.2) is 0 Å². The molecule has 326 valence electrons. The number of sulfonamides is 1. The van der Waals surface area contributed by atoms with Crippen LogP contribution in [0.25, 0.3) is 10.9 Å². The molecule has 59 heavy (non-hydrogen) atoms. The van der Waals surface area contributed by atoms with Gasteiger partial charge in [0.05, 0.1) is 35.8 Å². The summed E-state index contributed by atoms with van der Waals surface area (Å²) >= 11 is 0. The summed E-state index contributed by atoms with van der Waals surface area (Å²) in [7, 11) is 1.05. The number of anilines is 1. The Hall–Kier alpha value is -4.43. The van der Waals surface area contributed by atoms with Crippen molar-refractivity contribution in [1.29, 1.82) is 0 Å². The number of methoxy groups -OCH3 is 1. The van der Waals surface area contributed by atoms with Crippen molar-refractivity contribution in [2.45, 2.75) is 120 Å². The van der Waals surface area contributed by atoms with Crippen molar-refractivity contribution in [3.8, 4) is 11.6 Å². The van der Waals surface area contributed by atoms with Crippen molar-refractivity contribution in [2.75, 3.05) is 32.6 Å². The van der Waals surface area contributed by atoms with Gasteiger partial charge in [0, 0.05) is 32.5 Å². The molecule has 1 unspecified atom stereocenters. The maximum atomic E-state index is 14.8. The number of halogens is 3. The van der Waals surface area contributed by atoms with Crippen molar-refractivity contribution in [3.63, 3.8) is 0 Å². The largest absolute Gasteiger partial charge is 0.497 e. The van der Waals surface area contributed by atoms with Gasteiger partial charge in [-0.1, -0.05) is 26.0 Å². The Bertz CT molecular complexity index is 2070. The van der Waals surface area contributed by atoms with Crippen LogP contribution >= 0.6 is 0 Å². The maximum absolute atomic E-state index is 14.8. The fourth-order valence-corrected chi connectivity index (χ4v) is 9.13. The van der Waals surface area contributed by atoms with Crippen molar-refractivity contribution in [1.82, 2.24) is 30.2 Å². The van der Waals surface area contributed by atoms with Gasteiger partial charge in [-0.3, -0.25) is 19.6 Å². The summed E-state index contributed by atoms with van der Waals surface area (Å²) in [6, 6.07) is 2.57. The average Bonchev–Trinajstić information content (AvgIpc) is 4.07. The van der Waals surface area contributed by atoms with E-state index < -0.39 is 86.7 Å². The molecule has 8 atom stereocenters. The molecule has 1 aromatic heterocycles. The summed E-state index contributed by atoms with van der Waals surface area (Å²) in [6.45, 7) is 4.88. The normalized spacial score (nSPS) is 29.9. The molecule has 1 saturated heterocycles. The van der Waals surface area contributed by atoms with Crippen LogP contribution in [0.15, 0.2) is 30.4 Å². The molecule has 2 aromatic rings. The predicted molar refractivity (Wildman–Crippen MR) is 210 cm³/mol. The highest BCUT2D eigenvalue weighted by atomic mass is 32.2. The third-order valence-corrected chi connectivity index (χ3v) is 13.4.